The SMILES string of the molecule is CC1(C)c2cc(-n3c4ccccc4c4cc(C5C=c6ccccc6=CC5)ccc43)ccc2-c2c1ccc1c2oc2ccccc21. The lowest BCUT2D eigenvalue weighted by molar-refractivity contribution is 0.653. The van der Waals surface area contributed by atoms with E-state index in [4.69, 9.17) is 4.42 Å². The van der Waals surface area contributed by atoms with Crippen molar-refractivity contribution in [2.24, 2.45) is 0 Å². The Labute approximate surface area is 261 Å². The molecule has 0 saturated heterocycles. The number of fused-ring (bicyclic) bond motifs is 11. The van der Waals surface area contributed by atoms with Crippen molar-refractivity contribution in [3.63, 3.8) is 0 Å². The summed E-state index contributed by atoms with van der Waals surface area (Å²) in [5, 5.41) is 7.64. The summed E-state index contributed by atoms with van der Waals surface area (Å²) < 4.78 is 8.99. The highest BCUT2D eigenvalue weighted by molar-refractivity contribution is 6.12. The average Bonchev–Trinajstić information content (AvgIpc) is 3.70. The molecule has 0 saturated carbocycles. The number of rotatable bonds is 2. The number of benzene rings is 6. The second-order valence-electron chi connectivity index (χ2n) is 13.3. The van der Waals surface area contributed by atoms with Gasteiger partial charge in [-0.2, -0.15) is 0 Å². The van der Waals surface area contributed by atoms with Gasteiger partial charge < -0.3 is 8.98 Å². The fraction of sp³-hybridized carbons (Fsp3) is 0.116. The molecule has 214 valence electrons. The molecule has 10 rings (SSSR count). The topological polar surface area (TPSA) is 18.1 Å². The summed E-state index contributed by atoms with van der Waals surface area (Å²) in [5.74, 6) is 0.376. The first-order valence-electron chi connectivity index (χ1n) is 16.0. The third kappa shape index (κ3) is 3.40. The molecule has 8 aromatic rings. The molecule has 1 atom stereocenters. The zero-order valence-electron chi connectivity index (χ0n) is 25.3. The van der Waals surface area contributed by atoms with Crippen LogP contribution in [0.3, 0.4) is 0 Å². The van der Waals surface area contributed by atoms with Gasteiger partial charge >= 0.3 is 0 Å². The van der Waals surface area contributed by atoms with Gasteiger partial charge in [-0.3, -0.25) is 0 Å². The molecule has 0 fully saturated rings. The van der Waals surface area contributed by atoms with Crippen LogP contribution in [0.5, 0.6) is 0 Å². The lowest BCUT2D eigenvalue weighted by Gasteiger charge is -2.22. The highest BCUT2D eigenvalue weighted by Crippen LogP contribution is 2.53. The zero-order chi connectivity index (χ0) is 29.9. The van der Waals surface area contributed by atoms with Crippen molar-refractivity contribution in [1.82, 2.24) is 4.57 Å². The van der Waals surface area contributed by atoms with Gasteiger partial charge in [0.05, 0.1) is 11.0 Å². The van der Waals surface area contributed by atoms with Crippen LogP contribution in [-0.2, 0) is 5.41 Å². The first kappa shape index (κ1) is 25.0. The Morgan fingerprint density at radius 3 is 2.33 bits per heavy atom. The Morgan fingerprint density at radius 2 is 1.42 bits per heavy atom. The molecule has 6 aromatic carbocycles. The van der Waals surface area contributed by atoms with Crippen molar-refractivity contribution < 1.29 is 4.42 Å². The molecule has 0 amide bonds. The predicted molar refractivity (Wildman–Crippen MR) is 188 cm³/mol. The molecule has 45 heavy (non-hydrogen) atoms. The van der Waals surface area contributed by atoms with Gasteiger partial charge in [0.15, 0.2) is 0 Å². The largest absolute Gasteiger partial charge is 0.455 e. The monoisotopic (exact) mass is 577 g/mol. The molecule has 2 aliphatic carbocycles. The molecule has 0 aliphatic heterocycles. The third-order valence-corrected chi connectivity index (χ3v) is 10.5. The van der Waals surface area contributed by atoms with Crippen molar-refractivity contribution in [2.45, 2.75) is 31.6 Å². The minimum atomic E-state index is -0.149. The van der Waals surface area contributed by atoms with Gasteiger partial charge in [0, 0.05) is 44.1 Å². The average molecular weight is 578 g/mol. The molecule has 0 spiro atoms. The summed E-state index contributed by atoms with van der Waals surface area (Å²) in [6.07, 6.45) is 5.85. The van der Waals surface area contributed by atoms with Crippen molar-refractivity contribution in [1.29, 1.82) is 0 Å². The molecule has 2 heteroatoms. The summed E-state index contributed by atoms with van der Waals surface area (Å²) in [5.41, 5.74) is 12.0. The predicted octanol–water partition coefficient (Wildman–Crippen LogP) is 9.74. The second kappa shape index (κ2) is 8.86. The molecule has 0 N–H and O–H groups in total. The van der Waals surface area contributed by atoms with Crippen molar-refractivity contribution >= 4 is 55.9 Å². The Hall–Kier alpha value is -5.34. The third-order valence-electron chi connectivity index (χ3n) is 10.5. The molecule has 2 aliphatic rings. The summed E-state index contributed by atoms with van der Waals surface area (Å²) in [7, 11) is 0. The molecule has 0 radical (unpaired) electrons. The van der Waals surface area contributed by atoms with E-state index in [9.17, 15) is 0 Å². The van der Waals surface area contributed by atoms with Crippen LogP contribution in [0.15, 0.2) is 126 Å². The lowest BCUT2D eigenvalue weighted by atomic mass is 9.82. The normalized spacial score (nSPS) is 16.4. The highest BCUT2D eigenvalue weighted by atomic mass is 16.3. The molecule has 0 bridgehead atoms. The van der Waals surface area contributed by atoms with Crippen LogP contribution in [-0.4, -0.2) is 4.57 Å². The van der Waals surface area contributed by atoms with Crippen LogP contribution in [0, 0.1) is 0 Å². The number of hydrogen-bond donors (Lipinski definition) is 0. The Bertz CT molecular complexity index is 2660. The molecule has 2 nitrogen and oxygen atoms in total. The smallest absolute Gasteiger partial charge is 0.143 e. The minimum Gasteiger partial charge on any atom is -0.455 e. The maximum atomic E-state index is 6.53. The number of nitrogens with zero attached hydrogens (tertiary/aromatic N) is 1. The van der Waals surface area contributed by atoms with Crippen LogP contribution >= 0.6 is 0 Å². The van der Waals surface area contributed by atoms with Gasteiger partial charge in [-0.25, -0.2) is 0 Å². The van der Waals surface area contributed by atoms with Gasteiger partial charge in [0.1, 0.15) is 11.2 Å². The summed E-state index contributed by atoms with van der Waals surface area (Å²) in [6, 6.07) is 44.7. The van der Waals surface area contributed by atoms with E-state index in [0.717, 1.165) is 17.6 Å². The summed E-state index contributed by atoms with van der Waals surface area (Å²) in [6.45, 7) is 4.70. The zero-order valence-corrected chi connectivity index (χ0v) is 25.3. The fourth-order valence-electron chi connectivity index (χ4n) is 8.25. The quantitative estimate of drug-likeness (QED) is 0.200. The van der Waals surface area contributed by atoms with Crippen LogP contribution in [0.1, 0.15) is 42.9 Å². The van der Waals surface area contributed by atoms with Crippen molar-refractivity contribution in [3.8, 4) is 16.8 Å². The van der Waals surface area contributed by atoms with Gasteiger partial charge in [-0.15, -0.1) is 0 Å². The van der Waals surface area contributed by atoms with Crippen LogP contribution in [0.2, 0.25) is 0 Å². The summed E-state index contributed by atoms with van der Waals surface area (Å²) >= 11 is 0. The number of aromatic nitrogens is 1. The van der Waals surface area contributed by atoms with Gasteiger partial charge in [0.25, 0.3) is 0 Å². The molecule has 2 aromatic heterocycles. The Morgan fingerprint density at radius 1 is 0.644 bits per heavy atom. The Kier molecular flexibility index (Phi) is 4.93. The van der Waals surface area contributed by atoms with Crippen LogP contribution in [0.4, 0.5) is 0 Å². The minimum absolute atomic E-state index is 0.149. The number of para-hydroxylation sites is 2. The van der Waals surface area contributed by atoms with Gasteiger partial charge in [-0.1, -0.05) is 111 Å². The molecule has 2 heterocycles. The Balaban J connectivity index is 1.16. The number of furan rings is 1. The maximum absolute atomic E-state index is 6.53. The second-order valence-corrected chi connectivity index (χ2v) is 13.3. The maximum Gasteiger partial charge on any atom is 0.143 e. The standard InChI is InChI=1S/C43H31NO/c1-43(2)36-21-20-33-32-12-6-8-14-40(32)45-42(33)41(36)34-19-18-30(25-37(34)43)44-38-13-7-5-11-31(38)35-24-29(17-22-39(35)44)28-16-15-26-9-3-4-10-27(26)23-28/h3-15,17-25,28H,16H2,1-2H3. The van der Waals surface area contributed by atoms with Gasteiger partial charge in [0.2, 0.25) is 0 Å². The van der Waals surface area contributed by atoms with E-state index >= 15 is 0 Å². The molecule has 1 unspecified atom stereocenters. The molecular weight excluding hydrogens is 546 g/mol. The van der Waals surface area contributed by atoms with E-state index in [1.807, 2.05) is 0 Å². The van der Waals surface area contributed by atoms with E-state index in [2.05, 4.69) is 152 Å². The van der Waals surface area contributed by atoms with E-state index in [1.165, 1.54) is 76.5 Å². The fourth-order valence-corrected chi connectivity index (χ4v) is 8.25. The first-order chi connectivity index (χ1) is 22.1. The number of hydrogen-bond acceptors (Lipinski definition) is 1. The van der Waals surface area contributed by atoms with E-state index in [-0.39, 0.29) is 5.41 Å². The highest BCUT2D eigenvalue weighted by Gasteiger charge is 2.38. The first-order valence-corrected chi connectivity index (χ1v) is 16.0. The van der Waals surface area contributed by atoms with Gasteiger partial charge in [-0.05, 0) is 75.5 Å². The van der Waals surface area contributed by atoms with Crippen molar-refractivity contribution in [2.75, 3.05) is 0 Å². The summed E-state index contributed by atoms with van der Waals surface area (Å²) in [4.78, 5) is 0. The van der Waals surface area contributed by atoms with Crippen LogP contribution < -0.4 is 10.4 Å². The molecular formula is C43H31NO. The lowest BCUT2D eigenvalue weighted by Crippen LogP contribution is -2.27. The van der Waals surface area contributed by atoms with E-state index in [1.54, 1.807) is 0 Å². The van der Waals surface area contributed by atoms with E-state index in [0.29, 0.717) is 5.92 Å². The van der Waals surface area contributed by atoms with E-state index < -0.39 is 0 Å². The van der Waals surface area contributed by atoms with Crippen molar-refractivity contribution in [3.05, 3.63) is 148 Å². The van der Waals surface area contributed by atoms with Crippen LogP contribution in [0.25, 0.3) is 72.7 Å².